The van der Waals surface area contributed by atoms with Crippen LogP contribution in [0.25, 0.3) is 0 Å². The molecule has 1 aromatic heterocycles. The minimum Gasteiger partial charge on any atom is -0.325 e. The highest BCUT2D eigenvalue weighted by atomic mass is 35.5. The van der Waals surface area contributed by atoms with E-state index in [1.807, 2.05) is 13.8 Å². The number of amides is 1. The first kappa shape index (κ1) is 18.3. The number of carbonyl (C=O) groups excluding carboxylic acids is 1. The summed E-state index contributed by atoms with van der Waals surface area (Å²) in [6.45, 7) is 4.00. The fraction of sp³-hybridized carbons (Fsp3) is 0.353. The minimum absolute atomic E-state index is 0.110. The Kier molecular flexibility index (Phi) is 5.41. The molecule has 5 nitrogen and oxygen atoms in total. The van der Waals surface area contributed by atoms with Crippen LogP contribution in [0.4, 0.5) is 5.69 Å². The van der Waals surface area contributed by atoms with E-state index in [4.69, 9.17) is 23.2 Å². The van der Waals surface area contributed by atoms with Gasteiger partial charge in [0.15, 0.2) is 5.16 Å². The van der Waals surface area contributed by atoms with Crippen LogP contribution in [0.5, 0.6) is 0 Å². The van der Waals surface area contributed by atoms with Gasteiger partial charge in [-0.1, -0.05) is 48.8 Å². The van der Waals surface area contributed by atoms with Crippen molar-refractivity contribution >= 4 is 46.6 Å². The van der Waals surface area contributed by atoms with Gasteiger partial charge in [-0.3, -0.25) is 14.2 Å². The molecule has 1 atom stereocenters. The van der Waals surface area contributed by atoms with Gasteiger partial charge in [-0.15, -0.1) is 0 Å². The molecule has 25 heavy (non-hydrogen) atoms. The lowest BCUT2D eigenvalue weighted by Gasteiger charge is -2.14. The van der Waals surface area contributed by atoms with Crippen molar-refractivity contribution in [1.29, 1.82) is 0 Å². The number of anilines is 1. The van der Waals surface area contributed by atoms with Crippen LogP contribution in [0, 0.1) is 0 Å². The number of nitrogens with zero attached hydrogens (tertiary/aromatic N) is 2. The molecule has 3 rings (SSSR count). The molecule has 2 heterocycles. The molecule has 1 aromatic carbocycles. The van der Waals surface area contributed by atoms with Crippen LogP contribution in [0.15, 0.2) is 34.2 Å². The molecule has 1 N–H and O–H groups in total. The van der Waals surface area contributed by atoms with E-state index in [1.54, 1.807) is 28.8 Å². The van der Waals surface area contributed by atoms with E-state index in [0.29, 0.717) is 26.6 Å². The largest absolute Gasteiger partial charge is 0.325 e. The maximum Gasteiger partial charge on any atom is 0.254 e. The average Bonchev–Trinajstić information content (AvgIpc) is 2.93. The Morgan fingerprint density at radius 2 is 2.16 bits per heavy atom. The summed E-state index contributed by atoms with van der Waals surface area (Å²) in [6.07, 6.45) is 0.182. The van der Waals surface area contributed by atoms with Crippen molar-refractivity contribution in [2.75, 3.05) is 11.1 Å². The van der Waals surface area contributed by atoms with Crippen LogP contribution in [-0.4, -0.2) is 21.2 Å². The molecular formula is C17H17Cl2N3O2S. The van der Waals surface area contributed by atoms with Crippen molar-refractivity contribution in [1.82, 2.24) is 9.55 Å². The Hall–Kier alpha value is -1.50. The number of carbonyl (C=O) groups is 1. The Morgan fingerprint density at radius 3 is 2.84 bits per heavy atom. The highest BCUT2D eigenvalue weighted by Gasteiger charge is 2.28. The van der Waals surface area contributed by atoms with Gasteiger partial charge in [-0.05, 0) is 24.1 Å². The van der Waals surface area contributed by atoms with Crippen LogP contribution in [0.3, 0.4) is 0 Å². The molecule has 0 fully saturated rings. The lowest BCUT2D eigenvalue weighted by atomic mass is 10.1. The first-order chi connectivity index (χ1) is 11.8. The summed E-state index contributed by atoms with van der Waals surface area (Å²) in [6, 6.07) is 6.23. The summed E-state index contributed by atoms with van der Waals surface area (Å²) in [4.78, 5) is 29.3. The first-order valence-corrected chi connectivity index (χ1v) is 9.60. The smallest absolute Gasteiger partial charge is 0.254 e. The van der Waals surface area contributed by atoms with Crippen molar-refractivity contribution < 1.29 is 4.79 Å². The molecule has 1 unspecified atom stereocenters. The molecule has 2 aromatic rings. The van der Waals surface area contributed by atoms with Gasteiger partial charge < -0.3 is 5.32 Å². The van der Waals surface area contributed by atoms with Gasteiger partial charge >= 0.3 is 0 Å². The predicted molar refractivity (Wildman–Crippen MR) is 102 cm³/mol. The number of rotatable bonds is 4. The number of halogens is 2. The summed E-state index contributed by atoms with van der Waals surface area (Å²) in [5.74, 6) is 0.627. The number of aromatic nitrogens is 2. The van der Waals surface area contributed by atoms with Crippen LogP contribution in [0.1, 0.15) is 37.9 Å². The molecule has 132 valence electrons. The van der Waals surface area contributed by atoms with E-state index < -0.39 is 0 Å². The molecular weight excluding hydrogens is 381 g/mol. The third kappa shape index (κ3) is 4.02. The molecule has 0 radical (unpaired) electrons. The molecule has 0 spiro atoms. The lowest BCUT2D eigenvalue weighted by molar-refractivity contribution is -0.116. The van der Waals surface area contributed by atoms with Crippen molar-refractivity contribution in [3.8, 4) is 0 Å². The fourth-order valence-corrected chi connectivity index (χ4v) is 4.23. The quantitative estimate of drug-likeness (QED) is 0.778. The molecule has 0 saturated carbocycles. The monoisotopic (exact) mass is 397 g/mol. The molecule has 0 aliphatic carbocycles. The van der Waals surface area contributed by atoms with Gasteiger partial charge in [0.25, 0.3) is 5.56 Å². The number of thioether (sulfide) groups is 1. The van der Waals surface area contributed by atoms with Crippen molar-refractivity contribution in [3.05, 3.63) is 50.4 Å². The van der Waals surface area contributed by atoms with E-state index in [2.05, 4.69) is 10.3 Å². The summed E-state index contributed by atoms with van der Waals surface area (Å²) in [5.41, 5.74) is 1.17. The molecule has 0 bridgehead atoms. The van der Waals surface area contributed by atoms with E-state index in [0.717, 1.165) is 5.69 Å². The molecule has 0 saturated heterocycles. The lowest BCUT2D eigenvalue weighted by Crippen LogP contribution is -2.28. The van der Waals surface area contributed by atoms with Gasteiger partial charge in [0.05, 0.1) is 22.4 Å². The van der Waals surface area contributed by atoms with Gasteiger partial charge in [0, 0.05) is 23.3 Å². The number of nitrogens with one attached hydrogen (secondary N) is 1. The van der Waals surface area contributed by atoms with Crippen LogP contribution in [-0.2, 0) is 4.79 Å². The Bertz CT molecular complexity index is 883. The highest BCUT2D eigenvalue weighted by molar-refractivity contribution is 7.99. The van der Waals surface area contributed by atoms with E-state index in [-0.39, 0.29) is 29.8 Å². The van der Waals surface area contributed by atoms with Crippen LogP contribution < -0.4 is 10.9 Å². The first-order valence-electron chi connectivity index (χ1n) is 7.86. The molecule has 8 heteroatoms. The van der Waals surface area contributed by atoms with Crippen molar-refractivity contribution in [2.24, 2.45) is 0 Å². The zero-order chi connectivity index (χ0) is 18.1. The van der Waals surface area contributed by atoms with Gasteiger partial charge in [0.2, 0.25) is 5.91 Å². The zero-order valence-electron chi connectivity index (χ0n) is 13.8. The normalized spacial score (nSPS) is 16.1. The molecule has 1 aliphatic heterocycles. The molecule has 1 aliphatic rings. The standard InChI is InChI=1S/C17H17Cl2N3O2S/c1-9(2)14-7-16(24)22-11(8-25-17(22)21-14)6-15(23)20-13-4-3-10(18)5-12(13)19/h3-5,7,9,11H,6,8H2,1-2H3,(H,20,23). The van der Waals surface area contributed by atoms with Crippen LogP contribution >= 0.6 is 35.0 Å². The average molecular weight is 398 g/mol. The van der Waals surface area contributed by atoms with Gasteiger partial charge in [0.1, 0.15) is 0 Å². The van der Waals surface area contributed by atoms with Gasteiger partial charge in [-0.2, -0.15) is 0 Å². The van der Waals surface area contributed by atoms with E-state index in [9.17, 15) is 9.59 Å². The maximum atomic E-state index is 12.4. The summed E-state index contributed by atoms with van der Waals surface area (Å²) >= 11 is 13.4. The third-order valence-electron chi connectivity index (χ3n) is 3.93. The fourth-order valence-electron chi connectivity index (χ4n) is 2.62. The van der Waals surface area contributed by atoms with Crippen molar-refractivity contribution in [2.45, 2.75) is 37.4 Å². The van der Waals surface area contributed by atoms with E-state index in [1.165, 1.54) is 11.8 Å². The van der Waals surface area contributed by atoms with E-state index >= 15 is 0 Å². The number of hydrogen-bond acceptors (Lipinski definition) is 4. The minimum atomic E-state index is -0.215. The summed E-state index contributed by atoms with van der Waals surface area (Å²) < 4.78 is 1.61. The molecule has 1 amide bonds. The second-order valence-electron chi connectivity index (χ2n) is 6.17. The Balaban J connectivity index is 1.75. The SMILES string of the molecule is CC(C)c1cc(=O)n2c(n1)SCC2CC(=O)Nc1ccc(Cl)cc1Cl. The maximum absolute atomic E-state index is 12.4. The van der Waals surface area contributed by atoms with Gasteiger partial charge in [-0.25, -0.2) is 4.98 Å². The number of benzene rings is 1. The number of hydrogen-bond donors (Lipinski definition) is 1. The second-order valence-corrected chi connectivity index (χ2v) is 8.00. The van der Waals surface area contributed by atoms with Crippen LogP contribution in [0.2, 0.25) is 10.0 Å². The Labute approximate surface area is 159 Å². The Morgan fingerprint density at radius 1 is 1.40 bits per heavy atom. The third-order valence-corrected chi connectivity index (χ3v) is 5.57. The highest BCUT2D eigenvalue weighted by Crippen LogP contribution is 2.33. The topological polar surface area (TPSA) is 64.0 Å². The summed E-state index contributed by atoms with van der Waals surface area (Å²) in [5, 5.41) is 4.33. The van der Waals surface area contributed by atoms with Crippen molar-refractivity contribution in [3.63, 3.8) is 0 Å². The number of fused-ring (bicyclic) bond motifs is 1. The second kappa shape index (κ2) is 7.40. The zero-order valence-corrected chi connectivity index (χ0v) is 16.1. The summed E-state index contributed by atoms with van der Waals surface area (Å²) in [7, 11) is 0. The predicted octanol–water partition coefficient (Wildman–Crippen LogP) is 4.35.